The van der Waals surface area contributed by atoms with E-state index >= 15 is 0 Å². The monoisotopic (exact) mass is 303 g/mol. The molecule has 0 spiro atoms. The third kappa shape index (κ3) is 3.69. The van der Waals surface area contributed by atoms with Crippen LogP contribution in [0.2, 0.25) is 0 Å². The maximum absolute atomic E-state index is 11.5. The normalized spacial score (nSPS) is 17.9. The minimum Gasteiger partial charge on any atom is -0.497 e. The molecular formula is C18H25NO3. The van der Waals surface area contributed by atoms with Crippen LogP contribution in [0.3, 0.4) is 0 Å². The minimum atomic E-state index is -0.0983. The lowest BCUT2D eigenvalue weighted by atomic mass is 9.70. The number of nitrogens with one attached hydrogen (secondary N) is 1. The van der Waals surface area contributed by atoms with Gasteiger partial charge in [0.1, 0.15) is 12.4 Å². The van der Waals surface area contributed by atoms with Crippen molar-refractivity contribution in [1.82, 2.24) is 5.32 Å². The summed E-state index contributed by atoms with van der Waals surface area (Å²) in [5.74, 6) is 0.768. The lowest BCUT2D eigenvalue weighted by Gasteiger charge is -2.35. The number of carbonyl (C=O) groups is 1. The molecule has 1 aliphatic carbocycles. The van der Waals surface area contributed by atoms with Crippen LogP contribution in [0, 0.1) is 5.41 Å². The lowest BCUT2D eigenvalue weighted by Crippen LogP contribution is -2.28. The van der Waals surface area contributed by atoms with Crippen LogP contribution >= 0.6 is 0 Å². The number of amides is 1. The highest BCUT2D eigenvalue weighted by atomic mass is 16.5. The summed E-state index contributed by atoms with van der Waals surface area (Å²) >= 11 is 0. The Hall–Kier alpha value is -1.81. The van der Waals surface area contributed by atoms with Crippen molar-refractivity contribution in [3.8, 4) is 5.75 Å². The molecule has 0 radical (unpaired) electrons. The smallest absolute Gasteiger partial charge is 0.246 e. The van der Waals surface area contributed by atoms with Crippen LogP contribution in [0.4, 0.5) is 0 Å². The molecule has 1 aromatic carbocycles. The Morgan fingerprint density at radius 3 is 2.82 bits per heavy atom. The SMILES string of the molecule is COCC(=O)NC/C=C1/c2cc(OC)ccc2CCC1(C)C. The van der Waals surface area contributed by atoms with Gasteiger partial charge in [-0.15, -0.1) is 0 Å². The molecule has 0 fully saturated rings. The number of fused-ring (bicyclic) bond motifs is 1. The second-order valence-corrected chi connectivity index (χ2v) is 6.26. The van der Waals surface area contributed by atoms with Gasteiger partial charge in [0.2, 0.25) is 5.91 Å². The number of hydrogen-bond acceptors (Lipinski definition) is 3. The molecule has 2 rings (SSSR count). The van der Waals surface area contributed by atoms with E-state index in [4.69, 9.17) is 9.47 Å². The molecule has 1 aromatic rings. The van der Waals surface area contributed by atoms with Gasteiger partial charge in [-0.05, 0) is 47.1 Å². The average molecular weight is 303 g/mol. The zero-order valence-corrected chi connectivity index (χ0v) is 13.9. The molecular weight excluding hydrogens is 278 g/mol. The summed E-state index contributed by atoms with van der Waals surface area (Å²) in [6.07, 6.45) is 4.29. The Kier molecular flexibility index (Phi) is 5.24. The molecule has 0 aromatic heterocycles. The Balaban J connectivity index is 2.26. The molecule has 0 aliphatic heterocycles. The van der Waals surface area contributed by atoms with Gasteiger partial charge in [0.15, 0.2) is 0 Å². The molecule has 0 bridgehead atoms. The second kappa shape index (κ2) is 6.97. The number of hydrogen-bond donors (Lipinski definition) is 1. The Labute approximate surface area is 132 Å². The average Bonchev–Trinajstić information content (AvgIpc) is 2.49. The zero-order chi connectivity index (χ0) is 16.2. The number of rotatable bonds is 5. The second-order valence-electron chi connectivity index (χ2n) is 6.26. The third-order valence-corrected chi connectivity index (χ3v) is 4.24. The molecule has 4 nitrogen and oxygen atoms in total. The lowest BCUT2D eigenvalue weighted by molar-refractivity contribution is -0.124. The van der Waals surface area contributed by atoms with E-state index in [0.717, 1.165) is 18.6 Å². The predicted molar refractivity (Wildman–Crippen MR) is 88.0 cm³/mol. The Bertz CT molecular complexity index is 576. The number of benzene rings is 1. The maximum atomic E-state index is 11.5. The maximum Gasteiger partial charge on any atom is 0.246 e. The Morgan fingerprint density at radius 2 is 2.14 bits per heavy atom. The van der Waals surface area contributed by atoms with Gasteiger partial charge in [-0.1, -0.05) is 26.0 Å². The van der Waals surface area contributed by atoms with Gasteiger partial charge in [-0.3, -0.25) is 4.79 Å². The highest BCUT2D eigenvalue weighted by Gasteiger charge is 2.30. The van der Waals surface area contributed by atoms with E-state index in [-0.39, 0.29) is 17.9 Å². The van der Waals surface area contributed by atoms with Gasteiger partial charge in [-0.25, -0.2) is 0 Å². The molecule has 0 heterocycles. The highest BCUT2D eigenvalue weighted by Crippen LogP contribution is 2.45. The molecule has 4 heteroatoms. The van der Waals surface area contributed by atoms with E-state index < -0.39 is 0 Å². The van der Waals surface area contributed by atoms with E-state index in [2.05, 4.69) is 37.4 Å². The van der Waals surface area contributed by atoms with Crippen molar-refractivity contribution in [2.45, 2.75) is 26.7 Å². The number of aryl methyl sites for hydroxylation is 1. The number of carbonyl (C=O) groups excluding carboxylic acids is 1. The summed E-state index contributed by atoms with van der Waals surface area (Å²) in [7, 11) is 3.20. The van der Waals surface area contributed by atoms with Crippen LogP contribution in [0.15, 0.2) is 24.3 Å². The van der Waals surface area contributed by atoms with Crippen molar-refractivity contribution in [1.29, 1.82) is 0 Å². The number of methoxy groups -OCH3 is 2. The first kappa shape index (κ1) is 16.6. The zero-order valence-electron chi connectivity index (χ0n) is 13.9. The topological polar surface area (TPSA) is 47.6 Å². The summed E-state index contributed by atoms with van der Waals surface area (Å²) in [5, 5.41) is 2.86. The van der Waals surface area contributed by atoms with Gasteiger partial charge < -0.3 is 14.8 Å². The van der Waals surface area contributed by atoms with Gasteiger partial charge in [0.25, 0.3) is 0 Å². The molecule has 1 N–H and O–H groups in total. The molecule has 0 saturated heterocycles. The van der Waals surface area contributed by atoms with Crippen LogP contribution in [0.25, 0.3) is 5.57 Å². The van der Waals surface area contributed by atoms with Crippen LogP contribution < -0.4 is 10.1 Å². The van der Waals surface area contributed by atoms with Crippen LogP contribution in [0.1, 0.15) is 31.4 Å². The molecule has 120 valence electrons. The summed E-state index contributed by atoms with van der Waals surface area (Å²) < 4.78 is 10.2. The molecule has 22 heavy (non-hydrogen) atoms. The summed E-state index contributed by atoms with van der Waals surface area (Å²) in [6.45, 7) is 5.10. The molecule has 0 saturated carbocycles. The fourth-order valence-corrected chi connectivity index (χ4v) is 2.93. The number of allylic oxidation sites excluding steroid dienone is 1. The van der Waals surface area contributed by atoms with E-state index in [1.807, 2.05) is 6.07 Å². The van der Waals surface area contributed by atoms with Crippen LogP contribution in [-0.2, 0) is 16.0 Å². The van der Waals surface area contributed by atoms with E-state index in [0.29, 0.717) is 6.54 Å². The summed E-state index contributed by atoms with van der Waals surface area (Å²) in [6, 6.07) is 6.24. The van der Waals surface area contributed by atoms with Crippen molar-refractivity contribution in [3.63, 3.8) is 0 Å². The molecule has 1 aliphatic rings. The fraction of sp³-hybridized carbons (Fsp3) is 0.500. The molecule has 1 amide bonds. The summed E-state index contributed by atoms with van der Waals surface area (Å²) in [4.78, 5) is 11.5. The predicted octanol–water partition coefficient (Wildman–Crippen LogP) is 2.81. The quantitative estimate of drug-likeness (QED) is 0.910. The first-order valence-corrected chi connectivity index (χ1v) is 7.61. The number of ether oxygens (including phenoxy) is 2. The van der Waals surface area contributed by atoms with Gasteiger partial charge >= 0.3 is 0 Å². The fourth-order valence-electron chi connectivity index (χ4n) is 2.93. The minimum absolute atomic E-state index is 0.0886. The van der Waals surface area contributed by atoms with Crippen molar-refractivity contribution in [3.05, 3.63) is 35.4 Å². The van der Waals surface area contributed by atoms with E-state index in [1.54, 1.807) is 7.11 Å². The standard InChI is InChI=1S/C18H25NO3/c1-18(2)9-7-13-5-6-14(22-4)11-15(13)16(18)8-10-19-17(20)12-21-3/h5-6,8,11H,7,9-10,12H2,1-4H3,(H,19,20)/b16-8-. The van der Waals surface area contributed by atoms with Crippen molar-refractivity contribution in [2.24, 2.45) is 5.41 Å². The van der Waals surface area contributed by atoms with E-state index in [1.165, 1.54) is 23.8 Å². The molecule has 0 atom stereocenters. The first-order valence-electron chi connectivity index (χ1n) is 7.61. The summed E-state index contributed by atoms with van der Waals surface area (Å²) in [5.41, 5.74) is 3.93. The first-order chi connectivity index (χ1) is 10.5. The highest BCUT2D eigenvalue weighted by molar-refractivity contribution is 5.79. The van der Waals surface area contributed by atoms with Gasteiger partial charge in [-0.2, -0.15) is 0 Å². The van der Waals surface area contributed by atoms with Gasteiger partial charge in [0.05, 0.1) is 7.11 Å². The Morgan fingerprint density at radius 1 is 1.36 bits per heavy atom. The van der Waals surface area contributed by atoms with Crippen LogP contribution in [0.5, 0.6) is 5.75 Å². The van der Waals surface area contributed by atoms with Crippen molar-refractivity contribution < 1.29 is 14.3 Å². The van der Waals surface area contributed by atoms with Crippen molar-refractivity contribution in [2.75, 3.05) is 27.4 Å². The third-order valence-electron chi connectivity index (χ3n) is 4.24. The van der Waals surface area contributed by atoms with Gasteiger partial charge in [0, 0.05) is 13.7 Å². The van der Waals surface area contributed by atoms with Crippen molar-refractivity contribution >= 4 is 11.5 Å². The molecule has 0 unspecified atom stereocenters. The van der Waals surface area contributed by atoms with Crippen LogP contribution in [-0.4, -0.2) is 33.3 Å². The largest absolute Gasteiger partial charge is 0.497 e. The van der Waals surface area contributed by atoms with E-state index in [9.17, 15) is 4.79 Å².